The van der Waals surface area contributed by atoms with E-state index < -0.39 is 12.4 Å². The molecule has 0 N–H and O–H groups in total. The van der Waals surface area contributed by atoms with Gasteiger partial charge in [0.25, 0.3) is 0 Å². The largest absolute Gasteiger partial charge is 1.00 e. The van der Waals surface area contributed by atoms with Crippen molar-refractivity contribution in [1.82, 2.24) is 0 Å². The molecule has 2 unspecified atom stereocenters. The third-order valence-corrected chi connectivity index (χ3v) is 3.91. The topological polar surface area (TPSA) is 9.23 Å². The van der Waals surface area contributed by atoms with E-state index in [1.807, 2.05) is 0 Å². The third-order valence-electron chi connectivity index (χ3n) is 3.91. The van der Waals surface area contributed by atoms with Gasteiger partial charge in [0.15, 0.2) is 0 Å². The average Bonchev–Trinajstić information content (AvgIpc) is 2.39. The minimum absolute atomic E-state index is 0. The second-order valence-corrected chi connectivity index (χ2v) is 5.22. The van der Waals surface area contributed by atoms with Gasteiger partial charge in [-0.25, -0.2) is 0 Å². The quantitative estimate of drug-likeness (QED) is 0.757. The first kappa shape index (κ1) is 18.6. The van der Waals surface area contributed by atoms with Crippen LogP contribution in [0.5, 0.6) is 5.75 Å². The number of halogens is 3. The van der Waals surface area contributed by atoms with Gasteiger partial charge in [-0.05, 0) is 37.7 Å². The summed E-state index contributed by atoms with van der Waals surface area (Å²) in [6.45, 7) is -2.94. The standard InChI is InChI=1S/C14H19BF3O.K/c1-2-11-7-3-5-9-13(11)19-14-10-6-4-8-12(14)15(16,17)18;/h4,6,8,10-11,13H,2-3,5,7,9H2,1H3;/q-1;+1. The molecular formula is C14H19BF3KO. The molecule has 1 fully saturated rings. The fraction of sp³-hybridized carbons (Fsp3) is 0.571. The maximum Gasteiger partial charge on any atom is 1.00 e. The Bertz CT molecular complexity index is 425. The van der Waals surface area contributed by atoms with Crippen molar-refractivity contribution in [2.45, 2.75) is 45.1 Å². The summed E-state index contributed by atoms with van der Waals surface area (Å²) in [5.74, 6) is 0.378. The zero-order valence-corrected chi connectivity index (χ0v) is 15.2. The van der Waals surface area contributed by atoms with Gasteiger partial charge in [-0.2, -0.15) is 0 Å². The second kappa shape index (κ2) is 8.22. The van der Waals surface area contributed by atoms with E-state index in [2.05, 4.69) is 6.92 Å². The Labute approximate surface area is 161 Å². The summed E-state index contributed by atoms with van der Waals surface area (Å²) in [6.07, 6.45) is 5.00. The molecule has 1 aliphatic rings. The molecular weight excluding hydrogens is 291 g/mol. The molecule has 0 radical (unpaired) electrons. The summed E-state index contributed by atoms with van der Waals surface area (Å²) in [5.41, 5.74) is -0.608. The summed E-state index contributed by atoms with van der Waals surface area (Å²) in [5, 5.41) is 0. The van der Waals surface area contributed by atoms with Crippen LogP contribution in [-0.2, 0) is 0 Å². The van der Waals surface area contributed by atoms with Crippen LogP contribution in [-0.4, -0.2) is 13.1 Å². The van der Waals surface area contributed by atoms with Crippen molar-refractivity contribution < 1.29 is 69.1 Å². The van der Waals surface area contributed by atoms with Crippen LogP contribution in [0.4, 0.5) is 12.9 Å². The number of hydrogen-bond donors (Lipinski definition) is 0. The molecule has 0 aromatic heterocycles. The molecule has 0 spiro atoms. The minimum Gasteiger partial charge on any atom is -0.493 e. The van der Waals surface area contributed by atoms with Crippen LogP contribution >= 0.6 is 0 Å². The fourth-order valence-corrected chi connectivity index (χ4v) is 2.82. The molecule has 6 heteroatoms. The van der Waals surface area contributed by atoms with Crippen LogP contribution in [0, 0.1) is 5.92 Å². The molecule has 0 heterocycles. The van der Waals surface area contributed by atoms with Crippen molar-refractivity contribution in [3.05, 3.63) is 24.3 Å². The molecule has 2 atom stereocenters. The molecule has 1 nitrogen and oxygen atoms in total. The molecule has 1 aromatic rings. The van der Waals surface area contributed by atoms with Crippen molar-refractivity contribution in [3.63, 3.8) is 0 Å². The predicted octanol–water partition coefficient (Wildman–Crippen LogP) is 1.09. The van der Waals surface area contributed by atoms with E-state index in [0.717, 1.165) is 38.2 Å². The van der Waals surface area contributed by atoms with Gasteiger partial charge in [-0.1, -0.05) is 37.0 Å². The monoisotopic (exact) mass is 310 g/mol. The Morgan fingerprint density at radius 2 is 1.80 bits per heavy atom. The van der Waals surface area contributed by atoms with Crippen molar-refractivity contribution in [3.8, 4) is 5.75 Å². The van der Waals surface area contributed by atoms with Crippen LogP contribution in [0.15, 0.2) is 24.3 Å². The molecule has 0 amide bonds. The number of benzene rings is 1. The van der Waals surface area contributed by atoms with Gasteiger partial charge in [0.1, 0.15) is 6.10 Å². The Morgan fingerprint density at radius 3 is 2.45 bits per heavy atom. The molecule has 0 bridgehead atoms. The molecule has 0 saturated heterocycles. The number of para-hydroxylation sites is 1. The van der Waals surface area contributed by atoms with Gasteiger partial charge in [-0.3, -0.25) is 0 Å². The first-order valence-corrected chi connectivity index (χ1v) is 6.98. The molecule has 1 aliphatic carbocycles. The third kappa shape index (κ3) is 4.77. The van der Waals surface area contributed by atoms with E-state index in [0.29, 0.717) is 5.92 Å². The van der Waals surface area contributed by atoms with E-state index in [-0.39, 0.29) is 63.2 Å². The Morgan fingerprint density at radius 1 is 1.15 bits per heavy atom. The van der Waals surface area contributed by atoms with E-state index >= 15 is 0 Å². The molecule has 20 heavy (non-hydrogen) atoms. The smallest absolute Gasteiger partial charge is 0.493 e. The predicted molar refractivity (Wildman–Crippen MR) is 71.8 cm³/mol. The summed E-state index contributed by atoms with van der Waals surface area (Å²) >= 11 is 0. The summed E-state index contributed by atoms with van der Waals surface area (Å²) in [4.78, 5) is 0. The van der Waals surface area contributed by atoms with Crippen molar-refractivity contribution >= 4 is 12.4 Å². The second-order valence-electron chi connectivity index (χ2n) is 5.22. The van der Waals surface area contributed by atoms with Gasteiger partial charge in [0.2, 0.25) is 0 Å². The van der Waals surface area contributed by atoms with Gasteiger partial charge in [0, 0.05) is 0 Å². The molecule has 106 valence electrons. The van der Waals surface area contributed by atoms with E-state index in [1.54, 1.807) is 6.07 Å². The van der Waals surface area contributed by atoms with Crippen molar-refractivity contribution in [2.75, 3.05) is 0 Å². The van der Waals surface area contributed by atoms with E-state index in [9.17, 15) is 12.9 Å². The van der Waals surface area contributed by atoms with Gasteiger partial charge >= 0.3 is 58.4 Å². The summed E-state index contributed by atoms with van der Waals surface area (Å²) in [7, 11) is 0. The fourth-order valence-electron chi connectivity index (χ4n) is 2.82. The van der Waals surface area contributed by atoms with Crippen molar-refractivity contribution in [1.29, 1.82) is 0 Å². The van der Waals surface area contributed by atoms with Crippen LogP contribution in [0.1, 0.15) is 39.0 Å². The first-order chi connectivity index (χ1) is 9.02. The van der Waals surface area contributed by atoms with E-state index in [1.165, 1.54) is 12.1 Å². The van der Waals surface area contributed by atoms with Crippen LogP contribution in [0.2, 0.25) is 0 Å². The molecule has 1 aromatic carbocycles. The summed E-state index contributed by atoms with van der Waals surface area (Å²) < 4.78 is 44.6. The zero-order chi connectivity index (χ0) is 13.9. The summed E-state index contributed by atoms with van der Waals surface area (Å²) in [6, 6.07) is 5.56. The van der Waals surface area contributed by atoms with Gasteiger partial charge in [-0.15, -0.1) is 0 Å². The number of hydrogen-bond acceptors (Lipinski definition) is 1. The zero-order valence-electron chi connectivity index (χ0n) is 12.1. The van der Waals surface area contributed by atoms with Gasteiger partial charge in [0.05, 0.1) is 5.75 Å². The first-order valence-electron chi connectivity index (χ1n) is 6.98. The molecule has 1 saturated carbocycles. The molecule has 2 rings (SSSR count). The minimum atomic E-state index is -5.01. The Hall–Kier alpha value is 0.511. The van der Waals surface area contributed by atoms with Gasteiger partial charge < -0.3 is 17.7 Å². The van der Waals surface area contributed by atoms with Crippen molar-refractivity contribution in [2.24, 2.45) is 5.92 Å². The normalized spacial score (nSPS) is 23.0. The maximum atomic E-state index is 13.0. The van der Waals surface area contributed by atoms with Crippen LogP contribution < -0.4 is 61.6 Å². The Kier molecular flexibility index (Phi) is 7.63. The molecule has 0 aliphatic heterocycles. The number of rotatable bonds is 4. The Balaban J connectivity index is 0.00000200. The number of ether oxygens (including phenoxy) is 1. The van der Waals surface area contributed by atoms with Crippen LogP contribution in [0.3, 0.4) is 0 Å². The van der Waals surface area contributed by atoms with E-state index in [4.69, 9.17) is 4.74 Å². The van der Waals surface area contributed by atoms with Crippen LogP contribution in [0.25, 0.3) is 0 Å². The SMILES string of the molecule is CCC1CCCCC1Oc1ccccc1[B-](F)(F)F.[K+]. The maximum absolute atomic E-state index is 13.0. The average molecular weight is 310 g/mol.